The van der Waals surface area contributed by atoms with E-state index in [4.69, 9.17) is 10.5 Å². The maximum atomic E-state index is 5.74. The van der Waals surface area contributed by atoms with E-state index < -0.39 is 0 Å². The Morgan fingerprint density at radius 2 is 2.53 bits per heavy atom. The van der Waals surface area contributed by atoms with Gasteiger partial charge >= 0.3 is 0 Å². The molecule has 1 atom stereocenters. The molecule has 0 aromatic carbocycles. The van der Waals surface area contributed by atoms with Crippen LogP contribution in [-0.4, -0.2) is 36.1 Å². The van der Waals surface area contributed by atoms with Gasteiger partial charge in [0.2, 0.25) is 0 Å². The van der Waals surface area contributed by atoms with E-state index in [9.17, 15) is 0 Å². The molecule has 1 aliphatic rings. The molecule has 4 heteroatoms. The average molecular weight is 207 g/mol. The van der Waals surface area contributed by atoms with Gasteiger partial charge in [-0.15, -0.1) is 0 Å². The summed E-state index contributed by atoms with van der Waals surface area (Å²) < 4.78 is 5.68. The lowest BCUT2D eigenvalue weighted by Crippen LogP contribution is -2.30. The Morgan fingerprint density at radius 1 is 1.67 bits per heavy atom. The molecule has 0 radical (unpaired) electrons. The van der Waals surface area contributed by atoms with Gasteiger partial charge in [0.1, 0.15) is 12.4 Å². The molecule has 2 rings (SSSR count). The summed E-state index contributed by atoms with van der Waals surface area (Å²) >= 11 is 0. The number of hydrogen-bond acceptors (Lipinski definition) is 4. The van der Waals surface area contributed by atoms with Crippen LogP contribution in [0.4, 0.5) is 5.69 Å². The topological polar surface area (TPSA) is 51.4 Å². The van der Waals surface area contributed by atoms with Gasteiger partial charge in [-0.1, -0.05) is 0 Å². The van der Waals surface area contributed by atoms with Crippen molar-refractivity contribution in [1.29, 1.82) is 0 Å². The van der Waals surface area contributed by atoms with E-state index in [1.807, 2.05) is 6.07 Å². The van der Waals surface area contributed by atoms with Gasteiger partial charge < -0.3 is 15.4 Å². The number of nitrogen functional groups attached to an aromatic ring is 1. The number of likely N-dealkylation sites (tertiary alicyclic amines) is 1. The molecule has 1 saturated heterocycles. The maximum absolute atomic E-state index is 5.74. The van der Waals surface area contributed by atoms with Crippen molar-refractivity contribution in [2.75, 3.05) is 25.9 Å². The highest BCUT2D eigenvalue weighted by molar-refractivity contribution is 5.49. The third-order valence-corrected chi connectivity index (χ3v) is 2.91. The predicted molar refractivity (Wildman–Crippen MR) is 59.8 cm³/mol. The average Bonchev–Trinajstić information content (AvgIpc) is 2.63. The largest absolute Gasteiger partial charge is 0.490 e. The van der Waals surface area contributed by atoms with Crippen LogP contribution >= 0.6 is 0 Å². The highest BCUT2D eigenvalue weighted by Gasteiger charge is 2.21. The molecular formula is C11H17N3O. The van der Waals surface area contributed by atoms with Crippen LogP contribution in [0.15, 0.2) is 18.5 Å². The molecule has 0 bridgehead atoms. The van der Waals surface area contributed by atoms with E-state index in [1.165, 1.54) is 19.4 Å². The van der Waals surface area contributed by atoms with Crippen LogP contribution < -0.4 is 10.5 Å². The van der Waals surface area contributed by atoms with Crippen molar-refractivity contribution in [2.24, 2.45) is 0 Å². The Morgan fingerprint density at radius 3 is 3.20 bits per heavy atom. The zero-order valence-electron chi connectivity index (χ0n) is 9.02. The van der Waals surface area contributed by atoms with Crippen LogP contribution in [0, 0.1) is 0 Å². The van der Waals surface area contributed by atoms with Gasteiger partial charge in [-0.05, 0) is 26.4 Å². The summed E-state index contributed by atoms with van der Waals surface area (Å²) in [6, 6.07) is 2.34. The molecule has 15 heavy (non-hydrogen) atoms. The standard InChI is InChI=1S/C11H17N3O/c1-14-6-2-3-9(14)8-15-11-4-5-13-7-10(11)12/h4-5,7,9H,2-3,6,8,12H2,1H3/t9-/m0/s1. The highest BCUT2D eigenvalue weighted by Crippen LogP contribution is 2.21. The van der Waals surface area contributed by atoms with E-state index in [0.29, 0.717) is 18.3 Å². The summed E-state index contributed by atoms with van der Waals surface area (Å²) in [6.45, 7) is 1.88. The fourth-order valence-electron chi connectivity index (χ4n) is 1.90. The molecular weight excluding hydrogens is 190 g/mol. The second-order valence-corrected chi connectivity index (χ2v) is 4.00. The third kappa shape index (κ3) is 2.39. The lowest BCUT2D eigenvalue weighted by Gasteiger charge is -2.19. The molecule has 1 fully saturated rings. The van der Waals surface area contributed by atoms with Gasteiger partial charge in [0, 0.05) is 18.3 Å². The minimum Gasteiger partial charge on any atom is -0.490 e. The molecule has 0 saturated carbocycles. The first-order chi connectivity index (χ1) is 7.27. The van der Waals surface area contributed by atoms with Crippen LogP contribution in [0.1, 0.15) is 12.8 Å². The zero-order valence-corrected chi connectivity index (χ0v) is 9.02. The van der Waals surface area contributed by atoms with Crippen molar-refractivity contribution in [3.8, 4) is 5.75 Å². The minimum absolute atomic E-state index is 0.526. The lowest BCUT2D eigenvalue weighted by atomic mass is 10.2. The normalized spacial score (nSPS) is 21.8. The van der Waals surface area contributed by atoms with Crippen LogP contribution in [-0.2, 0) is 0 Å². The fourth-order valence-corrected chi connectivity index (χ4v) is 1.90. The van der Waals surface area contributed by atoms with Gasteiger partial charge in [0.25, 0.3) is 0 Å². The van der Waals surface area contributed by atoms with E-state index in [2.05, 4.69) is 16.9 Å². The van der Waals surface area contributed by atoms with E-state index in [0.717, 1.165) is 5.75 Å². The quantitative estimate of drug-likeness (QED) is 0.807. The Bertz CT molecular complexity index is 329. The first-order valence-electron chi connectivity index (χ1n) is 5.30. The molecule has 0 amide bonds. The molecule has 2 N–H and O–H groups in total. The fraction of sp³-hybridized carbons (Fsp3) is 0.545. The zero-order chi connectivity index (χ0) is 10.7. The molecule has 4 nitrogen and oxygen atoms in total. The van der Waals surface area contributed by atoms with Crippen molar-refractivity contribution in [3.05, 3.63) is 18.5 Å². The smallest absolute Gasteiger partial charge is 0.145 e. The van der Waals surface area contributed by atoms with Crippen LogP contribution in [0.3, 0.4) is 0 Å². The third-order valence-electron chi connectivity index (χ3n) is 2.91. The number of pyridine rings is 1. The number of hydrogen-bond donors (Lipinski definition) is 1. The summed E-state index contributed by atoms with van der Waals surface area (Å²) in [4.78, 5) is 6.25. The van der Waals surface area contributed by atoms with E-state index >= 15 is 0 Å². The van der Waals surface area contributed by atoms with Crippen LogP contribution in [0.5, 0.6) is 5.75 Å². The van der Waals surface area contributed by atoms with E-state index in [1.54, 1.807) is 12.4 Å². The first-order valence-corrected chi connectivity index (χ1v) is 5.30. The van der Waals surface area contributed by atoms with Gasteiger partial charge in [-0.3, -0.25) is 4.98 Å². The number of aromatic nitrogens is 1. The second kappa shape index (κ2) is 4.49. The van der Waals surface area contributed by atoms with Gasteiger partial charge in [0.15, 0.2) is 0 Å². The molecule has 1 aromatic heterocycles. The number of ether oxygens (including phenoxy) is 1. The van der Waals surface area contributed by atoms with Crippen molar-refractivity contribution >= 4 is 5.69 Å². The summed E-state index contributed by atoms with van der Waals surface area (Å²) in [5.74, 6) is 0.741. The van der Waals surface area contributed by atoms with E-state index in [-0.39, 0.29) is 0 Å². The monoisotopic (exact) mass is 207 g/mol. The Labute approximate surface area is 90.0 Å². The molecule has 1 aliphatic heterocycles. The van der Waals surface area contributed by atoms with Crippen LogP contribution in [0.2, 0.25) is 0 Å². The van der Waals surface area contributed by atoms with Gasteiger partial charge in [-0.2, -0.15) is 0 Å². The number of likely N-dealkylation sites (N-methyl/N-ethyl adjacent to an activating group) is 1. The van der Waals surface area contributed by atoms with Crippen molar-refractivity contribution in [2.45, 2.75) is 18.9 Å². The van der Waals surface area contributed by atoms with Crippen LogP contribution in [0.25, 0.3) is 0 Å². The lowest BCUT2D eigenvalue weighted by molar-refractivity contribution is 0.199. The molecule has 0 spiro atoms. The molecule has 0 unspecified atom stereocenters. The summed E-state index contributed by atoms with van der Waals surface area (Å²) in [5, 5.41) is 0. The maximum Gasteiger partial charge on any atom is 0.145 e. The van der Waals surface area contributed by atoms with Crippen molar-refractivity contribution in [3.63, 3.8) is 0 Å². The molecule has 2 heterocycles. The summed E-state index contributed by atoms with van der Waals surface area (Å²) in [6.07, 6.45) is 5.79. The minimum atomic E-state index is 0.526. The highest BCUT2D eigenvalue weighted by atomic mass is 16.5. The number of nitrogens with zero attached hydrogens (tertiary/aromatic N) is 2. The molecule has 82 valence electrons. The second-order valence-electron chi connectivity index (χ2n) is 4.00. The van der Waals surface area contributed by atoms with Gasteiger partial charge in [-0.25, -0.2) is 0 Å². The summed E-state index contributed by atoms with van der Waals surface area (Å²) in [5.41, 5.74) is 6.35. The molecule has 1 aromatic rings. The molecule has 0 aliphatic carbocycles. The summed E-state index contributed by atoms with van der Waals surface area (Å²) in [7, 11) is 2.14. The Hall–Kier alpha value is -1.29. The SMILES string of the molecule is CN1CCC[C@H]1COc1ccncc1N. The van der Waals surface area contributed by atoms with Crippen molar-refractivity contribution < 1.29 is 4.74 Å². The number of nitrogens with two attached hydrogens (primary N) is 1. The Balaban J connectivity index is 1.90. The van der Waals surface area contributed by atoms with Crippen molar-refractivity contribution in [1.82, 2.24) is 9.88 Å². The number of rotatable bonds is 3. The Kier molecular flexibility index (Phi) is 3.06. The number of anilines is 1. The first kappa shape index (κ1) is 10.2. The predicted octanol–water partition coefficient (Wildman–Crippen LogP) is 1.14. The van der Waals surface area contributed by atoms with Gasteiger partial charge in [0.05, 0.1) is 11.9 Å².